The van der Waals surface area contributed by atoms with Crippen molar-refractivity contribution in [3.63, 3.8) is 0 Å². The van der Waals surface area contributed by atoms with Crippen LogP contribution in [-0.2, 0) is 0 Å². The smallest absolute Gasteiger partial charge is 0.341 e. The number of carboxylic acid groups (broad SMARTS) is 1. The molecule has 28 heavy (non-hydrogen) atoms. The number of ether oxygens (including phenoxy) is 1. The van der Waals surface area contributed by atoms with Crippen LogP contribution in [0.2, 0.25) is 0 Å². The Balaban J connectivity index is 1.72. The summed E-state index contributed by atoms with van der Waals surface area (Å²) in [5.41, 5.74) is 5.59. The minimum absolute atomic E-state index is 0.0501. The highest BCUT2D eigenvalue weighted by atomic mass is 19.1. The fraction of sp³-hybridized carbons (Fsp3) is 0.500. The van der Waals surface area contributed by atoms with Crippen molar-refractivity contribution in [2.45, 2.75) is 18.9 Å². The van der Waals surface area contributed by atoms with Gasteiger partial charge in [-0.25, -0.2) is 9.18 Å². The van der Waals surface area contributed by atoms with Crippen molar-refractivity contribution in [3.05, 3.63) is 33.9 Å². The van der Waals surface area contributed by atoms with E-state index in [1.54, 1.807) is 4.57 Å². The van der Waals surface area contributed by atoms with Gasteiger partial charge in [0.1, 0.15) is 11.3 Å². The molecule has 3 aliphatic rings. The number of piperidine rings is 1. The van der Waals surface area contributed by atoms with Crippen LogP contribution in [0.5, 0.6) is 5.75 Å². The van der Waals surface area contributed by atoms with Crippen LogP contribution in [0.1, 0.15) is 29.2 Å². The number of hydrogen-bond acceptors (Lipinski definition) is 5. The average molecular weight is 387 g/mol. The highest BCUT2D eigenvalue weighted by Gasteiger charge is 2.55. The average Bonchev–Trinajstić information content (AvgIpc) is 3.58. The van der Waals surface area contributed by atoms with Gasteiger partial charge >= 0.3 is 5.97 Å². The van der Waals surface area contributed by atoms with Crippen LogP contribution in [0, 0.1) is 23.6 Å². The number of fused-ring (bicyclic) bond motifs is 2. The van der Waals surface area contributed by atoms with E-state index in [-0.39, 0.29) is 17.0 Å². The highest BCUT2D eigenvalue weighted by Crippen LogP contribution is 2.54. The van der Waals surface area contributed by atoms with E-state index in [0.29, 0.717) is 54.3 Å². The van der Waals surface area contributed by atoms with Crippen molar-refractivity contribution in [1.82, 2.24) is 4.57 Å². The molecular formula is C20H22FN3O4. The van der Waals surface area contributed by atoms with Crippen LogP contribution in [0.15, 0.2) is 17.1 Å². The van der Waals surface area contributed by atoms with E-state index in [2.05, 4.69) is 0 Å². The molecule has 3 fully saturated rings. The summed E-state index contributed by atoms with van der Waals surface area (Å²) in [7, 11) is 1.46. The van der Waals surface area contributed by atoms with E-state index in [9.17, 15) is 14.7 Å². The van der Waals surface area contributed by atoms with Gasteiger partial charge in [0.05, 0.1) is 18.0 Å². The molecule has 148 valence electrons. The van der Waals surface area contributed by atoms with E-state index in [4.69, 9.17) is 10.5 Å². The summed E-state index contributed by atoms with van der Waals surface area (Å²) in [6.45, 7) is 2.08. The van der Waals surface area contributed by atoms with Crippen LogP contribution in [-0.4, -0.2) is 42.4 Å². The third-order valence-corrected chi connectivity index (χ3v) is 6.53. The van der Waals surface area contributed by atoms with Gasteiger partial charge in [0.25, 0.3) is 0 Å². The van der Waals surface area contributed by atoms with Gasteiger partial charge in [-0.1, -0.05) is 0 Å². The van der Waals surface area contributed by atoms with Gasteiger partial charge in [-0.2, -0.15) is 0 Å². The molecule has 1 aromatic carbocycles. The van der Waals surface area contributed by atoms with Crippen LogP contribution in [0.4, 0.5) is 10.1 Å². The predicted octanol–water partition coefficient (Wildman–Crippen LogP) is 1.82. The Morgan fingerprint density at radius 1 is 1.36 bits per heavy atom. The predicted molar refractivity (Wildman–Crippen MR) is 102 cm³/mol. The lowest BCUT2D eigenvalue weighted by Gasteiger charge is -2.26. The molecule has 2 aromatic rings. The van der Waals surface area contributed by atoms with Gasteiger partial charge in [-0.3, -0.25) is 4.79 Å². The monoisotopic (exact) mass is 387 g/mol. The number of pyridine rings is 1. The maximum absolute atomic E-state index is 15.2. The molecule has 1 unspecified atom stereocenters. The number of aromatic carboxylic acids is 1. The fourth-order valence-corrected chi connectivity index (χ4v) is 4.91. The minimum atomic E-state index is -1.31. The molecule has 1 saturated heterocycles. The molecule has 8 heteroatoms. The lowest BCUT2D eigenvalue weighted by molar-refractivity contribution is 0.0695. The van der Waals surface area contributed by atoms with E-state index in [1.165, 1.54) is 19.4 Å². The topological polar surface area (TPSA) is 97.8 Å². The van der Waals surface area contributed by atoms with E-state index >= 15 is 4.39 Å². The van der Waals surface area contributed by atoms with Gasteiger partial charge in [0, 0.05) is 25.3 Å². The van der Waals surface area contributed by atoms with Crippen molar-refractivity contribution in [1.29, 1.82) is 0 Å². The summed E-state index contributed by atoms with van der Waals surface area (Å²) in [6, 6.07) is 1.27. The van der Waals surface area contributed by atoms with E-state index in [1.807, 2.05) is 4.90 Å². The lowest BCUT2D eigenvalue weighted by Crippen LogP contribution is -2.28. The number of halogens is 1. The van der Waals surface area contributed by atoms with Crippen LogP contribution < -0.4 is 20.8 Å². The SMILES string of the molecule is COc1c(N2C[C@@H]3C(CN)[C@@H]3C2)c(F)cc2c(=O)c(C(=O)O)cn(C3CC3)c12. The highest BCUT2D eigenvalue weighted by molar-refractivity contribution is 5.97. The van der Waals surface area contributed by atoms with Gasteiger partial charge in [0.2, 0.25) is 5.43 Å². The third kappa shape index (κ3) is 2.37. The van der Waals surface area contributed by atoms with E-state index < -0.39 is 17.2 Å². The number of anilines is 1. The number of nitrogens with zero attached hydrogens (tertiary/aromatic N) is 2. The summed E-state index contributed by atoms with van der Waals surface area (Å²) in [5, 5.41) is 9.45. The number of nitrogens with two attached hydrogens (primary N) is 1. The van der Waals surface area contributed by atoms with Gasteiger partial charge < -0.3 is 25.0 Å². The number of hydrogen-bond donors (Lipinski definition) is 2. The van der Waals surface area contributed by atoms with Crippen molar-refractivity contribution in [2.24, 2.45) is 23.5 Å². The van der Waals surface area contributed by atoms with Crippen LogP contribution >= 0.6 is 0 Å². The van der Waals surface area contributed by atoms with Gasteiger partial charge in [0.15, 0.2) is 11.6 Å². The molecule has 0 radical (unpaired) electrons. The molecule has 0 bridgehead atoms. The van der Waals surface area contributed by atoms with Crippen molar-refractivity contribution >= 4 is 22.6 Å². The number of aromatic nitrogens is 1. The Hall–Kier alpha value is -2.61. The third-order valence-electron chi connectivity index (χ3n) is 6.53. The second-order valence-electron chi connectivity index (χ2n) is 8.08. The molecule has 3 atom stereocenters. The first kappa shape index (κ1) is 17.5. The fourth-order valence-electron chi connectivity index (χ4n) is 4.91. The number of carbonyl (C=O) groups is 1. The summed E-state index contributed by atoms with van der Waals surface area (Å²) in [6.07, 6.45) is 3.15. The molecular weight excluding hydrogens is 365 g/mol. The van der Waals surface area contributed by atoms with E-state index in [0.717, 1.165) is 12.8 Å². The van der Waals surface area contributed by atoms with Crippen LogP contribution in [0.3, 0.4) is 0 Å². The zero-order valence-electron chi connectivity index (χ0n) is 15.5. The summed E-state index contributed by atoms with van der Waals surface area (Å²) < 4.78 is 22.6. The number of rotatable bonds is 5. The molecule has 1 aromatic heterocycles. The molecule has 1 aliphatic heterocycles. The zero-order valence-corrected chi connectivity index (χ0v) is 15.5. The standard InChI is InChI=1S/C20H22FN3O4/c1-28-19-16-10(18(25)14(20(26)27)8-24(16)9-2-3-9)4-15(21)17(19)23-6-12-11(5-22)13(12)7-23/h4,8-9,11-13H,2-3,5-7,22H2,1H3,(H,26,27)/t11?,12-,13+. The van der Waals surface area contributed by atoms with Crippen molar-refractivity contribution in [3.8, 4) is 5.75 Å². The number of carboxylic acids is 1. The van der Waals surface area contributed by atoms with Crippen molar-refractivity contribution < 1.29 is 19.0 Å². The minimum Gasteiger partial charge on any atom is -0.492 e. The van der Waals surface area contributed by atoms with Gasteiger partial charge in [-0.15, -0.1) is 0 Å². The molecule has 0 spiro atoms. The normalized spacial score (nSPS) is 25.8. The Morgan fingerprint density at radius 3 is 2.57 bits per heavy atom. The second kappa shape index (κ2) is 5.94. The van der Waals surface area contributed by atoms with Crippen LogP contribution in [0.25, 0.3) is 10.9 Å². The first-order chi connectivity index (χ1) is 13.5. The quantitative estimate of drug-likeness (QED) is 0.812. The Kier molecular flexibility index (Phi) is 3.71. The van der Waals surface area contributed by atoms with Crippen molar-refractivity contribution in [2.75, 3.05) is 31.6 Å². The summed E-state index contributed by atoms with van der Waals surface area (Å²) in [4.78, 5) is 26.2. The van der Waals surface area contributed by atoms with Gasteiger partial charge in [-0.05, 0) is 43.2 Å². The molecule has 2 saturated carbocycles. The molecule has 2 aliphatic carbocycles. The zero-order chi connectivity index (χ0) is 19.7. The maximum atomic E-state index is 15.2. The number of methoxy groups -OCH3 is 1. The second-order valence-corrected chi connectivity index (χ2v) is 8.08. The molecule has 3 N–H and O–H groups in total. The lowest BCUT2D eigenvalue weighted by atomic mass is 10.1. The summed E-state index contributed by atoms with van der Waals surface area (Å²) in [5.74, 6) is -0.0983. The number of benzene rings is 1. The molecule has 5 rings (SSSR count). The Labute approximate surface area is 160 Å². The first-order valence-electron chi connectivity index (χ1n) is 9.59. The largest absolute Gasteiger partial charge is 0.492 e. The summed E-state index contributed by atoms with van der Waals surface area (Å²) >= 11 is 0. The Morgan fingerprint density at radius 2 is 2.04 bits per heavy atom. The molecule has 2 heterocycles. The Bertz CT molecular complexity index is 1050. The molecule has 0 amide bonds. The maximum Gasteiger partial charge on any atom is 0.341 e. The first-order valence-corrected chi connectivity index (χ1v) is 9.59. The molecule has 7 nitrogen and oxygen atoms in total.